The Morgan fingerprint density at radius 1 is 0.829 bits per heavy atom. The van der Waals surface area contributed by atoms with Gasteiger partial charge in [0, 0.05) is 18.5 Å². The van der Waals surface area contributed by atoms with Crippen LogP contribution < -0.4 is 10.1 Å². The van der Waals surface area contributed by atoms with Crippen LogP contribution in [0.3, 0.4) is 0 Å². The van der Waals surface area contributed by atoms with E-state index >= 15 is 0 Å². The lowest BCUT2D eigenvalue weighted by molar-refractivity contribution is 0.0935. The third-order valence-corrected chi connectivity index (χ3v) is 7.52. The molecule has 41 heavy (non-hydrogen) atoms. The van der Waals surface area contributed by atoms with Gasteiger partial charge in [0.25, 0.3) is 5.91 Å². The van der Waals surface area contributed by atoms with Crippen LogP contribution in [-0.4, -0.2) is 15.8 Å². The van der Waals surface area contributed by atoms with E-state index in [2.05, 4.69) is 27.3 Å². The second kappa shape index (κ2) is 13.8. The predicted octanol–water partition coefficient (Wildman–Crippen LogP) is 7.55. The Bertz CT molecular complexity index is 1520. The van der Waals surface area contributed by atoms with Crippen molar-refractivity contribution in [2.75, 3.05) is 0 Å². The summed E-state index contributed by atoms with van der Waals surface area (Å²) >= 11 is 1.47. The predicted molar refractivity (Wildman–Crippen MR) is 161 cm³/mol. The van der Waals surface area contributed by atoms with Gasteiger partial charge in [-0.15, -0.1) is 11.3 Å². The number of hydrogen-bond acceptors (Lipinski definition) is 5. The fraction of sp³-hybridized carbons (Fsp3) is 0.176. The molecular weight excluding hydrogens is 533 g/mol. The first-order valence-electron chi connectivity index (χ1n) is 13.5. The van der Waals surface area contributed by atoms with Gasteiger partial charge in [-0.2, -0.15) is 0 Å². The van der Waals surface area contributed by atoms with Crippen molar-refractivity contribution in [3.05, 3.63) is 153 Å². The maximum absolute atomic E-state index is 13.5. The molecule has 1 atom stereocenters. The molecule has 5 aromatic rings. The Morgan fingerprint density at radius 3 is 2.10 bits per heavy atom. The summed E-state index contributed by atoms with van der Waals surface area (Å²) in [5, 5.41) is 5.68. The molecule has 0 saturated carbocycles. The third kappa shape index (κ3) is 8.33. The van der Waals surface area contributed by atoms with Gasteiger partial charge in [-0.25, -0.2) is 9.37 Å². The van der Waals surface area contributed by atoms with Gasteiger partial charge in [-0.05, 0) is 53.4 Å². The number of rotatable bonds is 12. The zero-order chi connectivity index (χ0) is 28.4. The van der Waals surface area contributed by atoms with Gasteiger partial charge in [-0.3, -0.25) is 9.69 Å². The number of carbonyl (C=O) groups excluding carboxylic acids is 1. The maximum atomic E-state index is 13.5. The van der Waals surface area contributed by atoms with Crippen LogP contribution in [0, 0.1) is 5.82 Å². The van der Waals surface area contributed by atoms with Crippen LogP contribution in [0.15, 0.2) is 115 Å². The second-order valence-corrected chi connectivity index (χ2v) is 10.9. The van der Waals surface area contributed by atoms with Crippen LogP contribution in [0.25, 0.3) is 0 Å². The monoisotopic (exact) mass is 565 g/mol. The number of nitrogens with zero attached hydrogens (tertiary/aromatic N) is 2. The third-order valence-electron chi connectivity index (χ3n) is 6.69. The Hall–Kier alpha value is -4.33. The Balaban J connectivity index is 1.24. The minimum absolute atomic E-state index is 0.122. The first-order chi connectivity index (χ1) is 20.0. The smallest absolute Gasteiger partial charge is 0.271 e. The van der Waals surface area contributed by atoms with E-state index < -0.39 is 0 Å². The van der Waals surface area contributed by atoms with Crippen LogP contribution in [0.5, 0.6) is 5.75 Å². The van der Waals surface area contributed by atoms with Crippen LogP contribution >= 0.6 is 11.3 Å². The van der Waals surface area contributed by atoms with Crippen molar-refractivity contribution in [3.63, 3.8) is 0 Å². The number of thiazole rings is 1. The summed E-state index contributed by atoms with van der Waals surface area (Å²) in [5.41, 5.74) is 4.69. The second-order valence-electron chi connectivity index (χ2n) is 9.92. The van der Waals surface area contributed by atoms with E-state index in [1.54, 1.807) is 17.5 Å². The van der Waals surface area contributed by atoms with Crippen molar-refractivity contribution in [1.82, 2.24) is 15.2 Å². The van der Waals surface area contributed by atoms with Crippen LogP contribution in [0.1, 0.15) is 50.7 Å². The normalized spacial score (nSPS) is 11.8. The minimum atomic E-state index is -0.258. The van der Waals surface area contributed by atoms with Gasteiger partial charge in [0.05, 0.1) is 12.6 Å². The number of halogens is 1. The number of carbonyl (C=O) groups is 1. The molecule has 0 fully saturated rings. The van der Waals surface area contributed by atoms with Crippen molar-refractivity contribution >= 4 is 17.2 Å². The lowest BCUT2D eigenvalue weighted by atomic mass is 10.1. The fourth-order valence-corrected chi connectivity index (χ4v) is 5.30. The molecule has 5 rings (SSSR count). The molecule has 0 saturated heterocycles. The Kier molecular flexibility index (Phi) is 9.52. The highest BCUT2D eigenvalue weighted by atomic mass is 32.1. The van der Waals surface area contributed by atoms with Gasteiger partial charge < -0.3 is 10.1 Å². The van der Waals surface area contributed by atoms with Gasteiger partial charge in [-0.1, -0.05) is 84.9 Å². The summed E-state index contributed by atoms with van der Waals surface area (Å²) < 4.78 is 19.5. The molecule has 7 heteroatoms. The summed E-state index contributed by atoms with van der Waals surface area (Å²) in [7, 11) is 0. The van der Waals surface area contributed by atoms with Crippen LogP contribution in [0.2, 0.25) is 0 Å². The molecular formula is C34H32FN3O2S. The molecule has 4 aromatic carbocycles. The van der Waals surface area contributed by atoms with E-state index in [1.807, 2.05) is 79.7 Å². The molecule has 0 aliphatic rings. The largest absolute Gasteiger partial charge is 0.489 e. The van der Waals surface area contributed by atoms with E-state index in [1.165, 1.54) is 23.5 Å². The molecule has 1 unspecified atom stereocenters. The molecule has 208 valence electrons. The van der Waals surface area contributed by atoms with Gasteiger partial charge in [0.1, 0.15) is 28.9 Å². The summed E-state index contributed by atoms with van der Waals surface area (Å²) in [4.78, 5) is 19.8. The molecule has 1 amide bonds. The highest BCUT2D eigenvalue weighted by Gasteiger charge is 2.17. The number of ether oxygens (including phenoxy) is 1. The van der Waals surface area contributed by atoms with E-state index in [-0.39, 0.29) is 17.8 Å². The fourth-order valence-electron chi connectivity index (χ4n) is 4.48. The van der Waals surface area contributed by atoms with Crippen molar-refractivity contribution in [2.24, 2.45) is 0 Å². The van der Waals surface area contributed by atoms with Crippen molar-refractivity contribution in [3.8, 4) is 5.75 Å². The molecule has 0 radical (unpaired) electrons. The molecule has 0 aliphatic heterocycles. The van der Waals surface area contributed by atoms with E-state index in [0.29, 0.717) is 31.9 Å². The van der Waals surface area contributed by atoms with Gasteiger partial charge >= 0.3 is 0 Å². The van der Waals surface area contributed by atoms with Crippen LogP contribution in [-0.2, 0) is 26.2 Å². The van der Waals surface area contributed by atoms with E-state index in [0.717, 1.165) is 33.0 Å². The summed E-state index contributed by atoms with van der Waals surface area (Å²) in [6.07, 6.45) is 0. The lowest BCUT2D eigenvalue weighted by Crippen LogP contribution is -2.27. The maximum Gasteiger partial charge on any atom is 0.271 e. The standard InChI is InChI=1S/C34H32FN3O2S/c1-25(29-10-6-3-7-11-29)36-34(39)32-24-41-33(37-32)22-38(20-26-12-16-30(35)17-13-26)21-27-14-18-31(19-15-27)40-23-28-8-4-2-5-9-28/h2-19,24-25H,20-23H2,1H3,(H,36,39). The average molecular weight is 566 g/mol. The molecule has 5 nitrogen and oxygen atoms in total. The Labute approximate surface area is 244 Å². The molecule has 1 aromatic heterocycles. The van der Waals surface area contributed by atoms with E-state index in [4.69, 9.17) is 4.74 Å². The molecule has 0 aliphatic carbocycles. The Morgan fingerprint density at radius 2 is 1.44 bits per heavy atom. The molecule has 0 spiro atoms. The average Bonchev–Trinajstić information content (AvgIpc) is 3.47. The minimum Gasteiger partial charge on any atom is -0.489 e. The summed E-state index contributed by atoms with van der Waals surface area (Å²) in [5.74, 6) is 0.356. The number of nitrogens with one attached hydrogen (secondary N) is 1. The number of benzene rings is 4. The molecule has 1 heterocycles. The first kappa shape index (κ1) is 28.2. The van der Waals surface area contributed by atoms with E-state index in [9.17, 15) is 9.18 Å². The molecule has 1 N–H and O–H groups in total. The van der Waals surface area contributed by atoms with Gasteiger partial charge in [0.15, 0.2) is 0 Å². The summed E-state index contributed by atoms with van der Waals surface area (Å²) in [6, 6.07) is 34.4. The van der Waals surface area contributed by atoms with Crippen molar-refractivity contribution < 1.29 is 13.9 Å². The number of aromatic nitrogens is 1. The number of amides is 1. The number of hydrogen-bond donors (Lipinski definition) is 1. The van der Waals surface area contributed by atoms with Crippen molar-refractivity contribution in [1.29, 1.82) is 0 Å². The van der Waals surface area contributed by atoms with Gasteiger partial charge in [0.2, 0.25) is 0 Å². The zero-order valence-electron chi connectivity index (χ0n) is 22.9. The molecule has 0 bridgehead atoms. The lowest BCUT2D eigenvalue weighted by Gasteiger charge is -2.22. The topological polar surface area (TPSA) is 54.5 Å². The van der Waals surface area contributed by atoms with Crippen molar-refractivity contribution in [2.45, 2.75) is 39.2 Å². The zero-order valence-corrected chi connectivity index (χ0v) is 23.7. The summed E-state index contributed by atoms with van der Waals surface area (Å²) in [6.45, 7) is 4.29. The highest BCUT2D eigenvalue weighted by molar-refractivity contribution is 7.09. The van der Waals surface area contributed by atoms with Crippen LogP contribution in [0.4, 0.5) is 4.39 Å². The quantitative estimate of drug-likeness (QED) is 0.170. The SMILES string of the molecule is CC(NC(=O)c1csc(CN(Cc2ccc(F)cc2)Cc2ccc(OCc3ccccc3)cc2)n1)c1ccccc1. The highest BCUT2D eigenvalue weighted by Crippen LogP contribution is 2.21. The first-order valence-corrected chi connectivity index (χ1v) is 14.4.